The predicted molar refractivity (Wildman–Crippen MR) is 144 cm³/mol. The number of carbonyl (C=O) groups excluding carboxylic acids is 1. The van der Waals surface area contributed by atoms with Gasteiger partial charge >= 0.3 is 24.4 Å². The molecule has 2 aromatic carbocycles. The van der Waals surface area contributed by atoms with Crippen LogP contribution in [0, 0.1) is 24.1 Å². The van der Waals surface area contributed by atoms with Crippen molar-refractivity contribution in [3.63, 3.8) is 0 Å². The number of hydrogen-bond acceptors (Lipinski definition) is 3. The molecule has 1 N–H and O–H groups in total. The number of carboxylic acids is 1. The van der Waals surface area contributed by atoms with Gasteiger partial charge in [0.15, 0.2) is 0 Å². The second-order valence-corrected chi connectivity index (χ2v) is 12.1. The molecule has 2 aliphatic rings. The summed E-state index contributed by atoms with van der Waals surface area (Å²) >= 11 is 0. The molecule has 2 atom stereocenters. The molecular weight excluding hydrogens is 583 g/mol. The first-order valence-corrected chi connectivity index (χ1v) is 13.8. The van der Waals surface area contributed by atoms with E-state index in [0.717, 1.165) is 4.90 Å². The van der Waals surface area contributed by atoms with Gasteiger partial charge in [-0.15, -0.1) is 0 Å². The van der Waals surface area contributed by atoms with Crippen molar-refractivity contribution in [2.45, 2.75) is 58.0 Å². The van der Waals surface area contributed by atoms with Crippen molar-refractivity contribution in [3.05, 3.63) is 70.0 Å². The van der Waals surface area contributed by atoms with Gasteiger partial charge in [-0.3, -0.25) is 9.69 Å². The summed E-state index contributed by atoms with van der Waals surface area (Å²) in [5.41, 5.74) is -2.25. The third-order valence-corrected chi connectivity index (χ3v) is 8.71. The summed E-state index contributed by atoms with van der Waals surface area (Å²) in [6.45, 7) is 6.56. The third-order valence-electron chi connectivity index (χ3n) is 8.71. The molecule has 0 spiro atoms. The normalized spacial score (nSPS) is 23.9. The molecule has 1 saturated carbocycles. The van der Waals surface area contributed by atoms with Gasteiger partial charge in [0.2, 0.25) is 0 Å². The second-order valence-electron chi connectivity index (χ2n) is 12.1. The maximum atomic E-state index is 14.0. The number of amides is 2. The van der Waals surface area contributed by atoms with Crippen LogP contribution in [0.3, 0.4) is 0 Å². The topological polar surface area (TPSA) is 64.1 Å². The van der Waals surface area contributed by atoms with Crippen LogP contribution in [0.5, 0.6) is 0 Å². The molecule has 236 valence electrons. The molecule has 0 aromatic heterocycles. The third kappa shape index (κ3) is 7.08. The van der Waals surface area contributed by atoms with Crippen molar-refractivity contribution in [3.8, 4) is 0 Å². The molecule has 1 saturated heterocycles. The van der Waals surface area contributed by atoms with E-state index in [1.54, 1.807) is 13.0 Å². The van der Waals surface area contributed by atoms with E-state index in [9.17, 15) is 45.4 Å². The van der Waals surface area contributed by atoms with Gasteiger partial charge in [-0.1, -0.05) is 13.0 Å². The van der Waals surface area contributed by atoms with E-state index < -0.39 is 59.3 Å². The number of carboxylic acid groups (broad SMARTS) is 1. The molecular formula is C30H34F7N3O3. The molecule has 43 heavy (non-hydrogen) atoms. The highest BCUT2D eigenvalue weighted by Crippen LogP contribution is 2.47. The largest absolute Gasteiger partial charge is 0.481 e. The Morgan fingerprint density at radius 3 is 2.12 bits per heavy atom. The average molecular weight is 618 g/mol. The van der Waals surface area contributed by atoms with Crippen molar-refractivity contribution in [1.29, 1.82) is 0 Å². The Balaban J connectivity index is 1.61. The van der Waals surface area contributed by atoms with Gasteiger partial charge in [0.25, 0.3) is 0 Å². The lowest BCUT2D eigenvalue weighted by atomic mass is 9.63. The van der Waals surface area contributed by atoms with Crippen LogP contribution in [-0.4, -0.2) is 65.0 Å². The first-order valence-electron chi connectivity index (χ1n) is 13.8. The van der Waals surface area contributed by atoms with Crippen LogP contribution in [0.2, 0.25) is 0 Å². The maximum Gasteiger partial charge on any atom is 0.416 e. The van der Waals surface area contributed by atoms with Crippen molar-refractivity contribution < 1.29 is 45.4 Å². The summed E-state index contributed by atoms with van der Waals surface area (Å²) in [6, 6.07) is 3.10. The van der Waals surface area contributed by atoms with Crippen LogP contribution in [0.1, 0.15) is 66.6 Å². The fraction of sp³-hybridized carbons (Fsp3) is 0.533. The molecule has 2 amide bonds. The Kier molecular flexibility index (Phi) is 8.80. The van der Waals surface area contributed by atoms with Gasteiger partial charge in [0.05, 0.1) is 29.1 Å². The fourth-order valence-corrected chi connectivity index (χ4v) is 6.28. The molecule has 2 aromatic rings. The minimum Gasteiger partial charge on any atom is -0.481 e. The minimum absolute atomic E-state index is 0.0475. The van der Waals surface area contributed by atoms with Gasteiger partial charge in [-0.05, 0) is 79.1 Å². The lowest BCUT2D eigenvalue weighted by Gasteiger charge is -2.50. The Labute approximate surface area is 245 Å². The zero-order valence-electron chi connectivity index (χ0n) is 24.2. The number of aliphatic carboxylic acids is 1. The summed E-state index contributed by atoms with van der Waals surface area (Å²) in [5, 5.41) is 9.30. The highest BCUT2D eigenvalue weighted by Gasteiger charge is 2.46. The minimum atomic E-state index is -5.03. The number of benzene rings is 2. The number of rotatable bonds is 6. The van der Waals surface area contributed by atoms with E-state index >= 15 is 0 Å². The molecule has 0 bridgehead atoms. The van der Waals surface area contributed by atoms with E-state index in [1.165, 1.54) is 31.0 Å². The molecule has 1 aliphatic heterocycles. The van der Waals surface area contributed by atoms with Crippen molar-refractivity contribution in [1.82, 2.24) is 14.7 Å². The first-order chi connectivity index (χ1) is 19.8. The monoisotopic (exact) mass is 617 g/mol. The zero-order chi connectivity index (χ0) is 32.1. The number of piperazine rings is 1. The van der Waals surface area contributed by atoms with Crippen LogP contribution < -0.4 is 0 Å². The second kappa shape index (κ2) is 11.6. The molecule has 0 unspecified atom stereocenters. The highest BCUT2D eigenvalue weighted by atomic mass is 19.4. The maximum absolute atomic E-state index is 14.0. The Bertz CT molecular complexity index is 1340. The van der Waals surface area contributed by atoms with Gasteiger partial charge in [-0.2, -0.15) is 26.3 Å². The average Bonchev–Trinajstić information content (AvgIpc) is 2.89. The number of alkyl halides is 6. The zero-order valence-corrected chi connectivity index (χ0v) is 24.2. The van der Waals surface area contributed by atoms with Crippen LogP contribution in [0.25, 0.3) is 0 Å². The van der Waals surface area contributed by atoms with Gasteiger partial charge in [0, 0.05) is 33.2 Å². The van der Waals surface area contributed by atoms with E-state index in [4.69, 9.17) is 0 Å². The Morgan fingerprint density at radius 1 is 1.02 bits per heavy atom. The molecule has 0 radical (unpaired) electrons. The van der Waals surface area contributed by atoms with Crippen molar-refractivity contribution in [2.24, 2.45) is 11.3 Å². The summed E-state index contributed by atoms with van der Waals surface area (Å²) in [4.78, 5) is 29.9. The number of nitrogens with zero attached hydrogens (tertiary/aromatic N) is 3. The first kappa shape index (κ1) is 32.6. The number of urea groups is 1. The predicted octanol–water partition coefficient (Wildman–Crippen LogP) is 7.14. The molecule has 4 rings (SSSR count). The number of carbonyl (C=O) groups is 2. The standard InChI is InChI=1S/C30H34F7N3O3/c1-17-9-23(31)5-6-24(17)25-15-39(16-28(3)13-20(14-28)26(41)42)7-8-40(25)27(43)38(4)18(2)19-10-21(29(32,33)34)12-22(11-19)30(35,36)37/h5-6,9-12,18,20,25H,7-8,13-16H2,1-4H3,(H,41,42)/t18-,20?,25-,28?/m1/s1. The summed E-state index contributed by atoms with van der Waals surface area (Å²) in [7, 11) is 1.32. The SMILES string of the molecule is Cc1cc(F)ccc1[C@H]1CN(CC2(C)CC(C(=O)O)C2)CCN1C(=O)N(C)[C@H](C)c1cc(C(F)(F)F)cc(C(F)(F)F)c1. The lowest BCUT2D eigenvalue weighted by molar-refractivity contribution is -0.150. The fourth-order valence-electron chi connectivity index (χ4n) is 6.28. The van der Waals surface area contributed by atoms with Crippen molar-refractivity contribution >= 4 is 12.0 Å². The van der Waals surface area contributed by atoms with E-state index in [0.29, 0.717) is 55.7 Å². The van der Waals surface area contributed by atoms with Crippen LogP contribution in [0.15, 0.2) is 36.4 Å². The summed E-state index contributed by atoms with van der Waals surface area (Å²) < 4.78 is 94.9. The van der Waals surface area contributed by atoms with Crippen LogP contribution in [-0.2, 0) is 17.1 Å². The highest BCUT2D eigenvalue weighted by molar-refractivity contribution is 5.75. The smallest absolute Gasteiger partial charge is 0.416 e. The Hall–Kier alpha value is -3.35. The molecule has 2 fully saturated rings. The van der Waals surface area contributed by atoms with Crippen molar-refractivity contribution in [2.75, 3.05) is 33.2 Å². The molecule has 6 nitrogen and oxygen atoms in total. The molecule has 1 aliphatic carbocycles. The van der Waals surface area contributed by atoms with E-state index in [1.807, 2.05) is 6.92 Å². The van der Waals surface area contributed by atoms with Crippen LogP contribution >= 0.6 is 0 Å². The van der Waals surface area contributed by atoms with Gasteiger partial charge in [-0.25, -0.2) is 9.18 Å². The number of hydrogen-bond donors (Lipinski definition) is 1. The summed E-state index contributed by atoms with van der Waals surface area (Å²) in [6.07, 6.45) is -9.03. The van der Waals surface area contributed by atoms with Crippen LogP contribution in [0.4, 0.5) is 35.5 Å². The lowest BCUT2D eigenvalue weighted by Crippen LogP contribution is -2.57. The quantitative estimate of drug-likeness (QED) is 0.350. The molecule has 1 heterocycles. The van der Waals surface area contributed by atoms with Gasteiger partial charge < -0.3 is 14.9 Å². The number of halogens is 7. The van der Waals surface area contributed by atoms with E-state index in [2.05, 4.69) is 4.90 Å². The van der Waals surface area contributed by atoms with E-state index in [-0.39, 0.29) is 23.6 Å². The molecule has 13 heteroatoms. The Morgan fingerprint density at radius 2 is 1.60 bits per heavy atom. The summed E-state index contributed by atoms with van der Waals surface area (Å²) in [5.74, 6) is -1.72. The van der Waals surface area contributed by atoms with Gasteiger partial charge in [0.1, 0.15) is 5.82 Å². The number of aryl methyl sites for hydroxylation is 1.